The number of rotatable bonds is 4. The van der Waals surface area contributed by atoms with Crippen LogP contribution in [0.3, 0.4) is 0 Å². The van der Waals surface area contributed by atoms with Gasteiger partial charge in [0.15, 0.2) is 0 Å². The standard InChI is InChI=1S/C16H23N3O/c1-3-8-18-9-11-19(12-10-18)16(20)17-13-15-6-4-14(2)5-7-15/h3-7H,1,8-13H2,2H3,(H,17,20). The van der Waals surface area contributed by atoms with Crippen molar-refractivity contribution >= 4 is 6.03 Å². The molecule has 0 aliphatic carbocycles. The maximum absolute atomic E-state index is 12.1. The predicted octanol–water partition coefficient (Wildman–Crippen LogP) is 2.01. The van der Waals surface area contributed by atoms with Crippen LogP contribution in [0.4, 0.5) is 4.79 Å². The van der Waals surface area contributed by atoms with Crippen LogP contribution >= 0.6 is 0 Å². The van der Waals surface area contributed by atoms with E-state index in [2.05, 4.69) is 48.0 Å². The van der Waals surface area contributed by atoms with Crippen LogP contribution in [0.1, 0.15) is 11.1 Å². The molecule has 1 aliphatic heterocycles. The van der Waals surface area contributed by atoms with Crippen LogP contribution < -0.4 is 5.32 Å². The Hall–Kier alpha value is -1.81. The first-order chi connectivity index (χ1) is 9.69. The monoisotopic (exact) mass is 273 g/mol. The highest BCUT2D eigenvalue weighted by molar-refractivity contribution is 5.74. The summed E-state index contributed by atoms with van der Waals surface area (Å²) in [7, 11) is 0. The Labute approximate surface area is 121 Å². The van der Waals surface area contributed by atoms with Crippen molar-refractivity contribution in [2.45, 2.75) is 13.5 Å². The molecule has 2 rings (SSSR count). The highest BCUT2D eigenvalue weighted by atomic mass is 16.2. The lowest BCUT2D eigenvalue weighted by molar-refractivity contribution is 0.146. The van der Waals surface area contributed by atoms with Gasteiger partial charge in [-0.1, -0.05) is 35.9 Å². The molecular weight excluding hydrogens is 250 g/mol. The van der Waals surface area contributed by atoms with Crippen molar-refractivity contribution in [1.29, 1.82) is 0 Å². The Morgan fingerprint density at radius 2 is 1.90 bits per heavy atom. The summed E-state index contributed by atoms with van der Waals surface area (Å²) in [4.78, 5) is 16.3. The number of urea groups is 1. The molecule has 4 heteroatoms. The Bertz CT molecular complexity index is 447. The second-order valence-electron chi connectivity index (χ2n) is 5.22. The van der Waals surface area contributed by atoms with Gasteiger partial charge in [-0.3, -0.25) is 4.90 Å². The van der Waals surface area contributed by atoms with Gasteiger partial charge in [-0.05, 0) is 12.5 Å². The van der Waals surface area contributed by atoms with Gasteiger partial charge < -0.3 is 10.2 Å². The van der Waals surface area contributed by atoms with Crippen LogP contribution in [-0.2, 0) is 6.54 Å². The Balaban J connectivity index is 1.75. The van der Waals surface area contributed by atoms with Crippen molar-refractivity contribution in [3.63, 3.8) is 0 Å². The van der Waals surface area contributed by atoms with Crippen molar-refractivity contribution in [2.75, 3.05) is 32.7 Å². The molecule has 1 fully saturated rings. The third kappa shape index (κ3) is 4.10. The summed E-state index contributed by atoms with van der Waals surface area (Å²) in [5.74, 6) is 0. The van der Waals surface area contributed by atoms with Crippen molar-refractivity contribution in [3.8, 4) is 0 Å². The van der Waals surface area contributed by atoms with Gasteiger partial charge in [0.2, 0.25) is 0 Å². The maximum atomic E-state index is 12.1. The fourth-order valence-electron chi connectivity index (χ4n) is 2.31. The van der Waals surface area contributed by atoms with E-state index in [1.54, 1.807) is 0 Å². The van der Waals surface area contributed by atoms with Gasteiger partial charge >= 0.3 is 6.03 Å². The average Bonchev–Trinajstić information content (AvgIpc) is 2.47. The van der Waals surface area contributed by atoms with E-state index < -0.39 is 0 Å². The third-order valence-electron chi connectivity index (χ3n) is 3.61. The number of hydrogen-bond donors (Lipinski definition) is 1. The molecular formula is C16H23N3O. The van der Waals surface area contributed by atoms with Gasteiger partial charge in [0.1, 0.15) is 0 Å². The number of nitrogens with one attached hydrogen (secondary N) is 1. The minimum atomic E-state index is 0.0313. The summed E-state index contributed by atoms with van der Waals surface area (Å²) >= 11 is 0. The molecule has 4 nitrogen and oxygen atoms in total. The molecule has 0 spiro atoms. The van der Waals surface area contributed by atoms with E-state index in [-0.39, 0.29) is 6.03 Å². The molecule has 0 atom stereocenters. The molecule has 0 saturated carbocycles. The summed E-state index contributed by atoms with van der Waals surface area (Å²) in [6.07, 6.45) is 1.91. The highest BCUT2D eigenvalue weighted by Gasteiger charge is 2.19. The fraction of sp³-hybridized carbons (Fsp3) is 0.438. The topological polar surface area (TPSA) is 35.6 Å². The molecule has 1 N–H and O–H groups in total. The van der Waals surface area contributed by atoms with Crippen LogP contribution in [0, 0.1) is 6.92 Å². The zero-order chi connectivity index (χ0) is 14.4. The maximum Gasteiger partial charge on any atom is 0.317 e. The number of benzene rings is 1. The lowest BCUT2D eigenvalue weighted by Crippen LogP contribution is -2.51. The van der Waals surface area contributed by atoms with E-state index in [9.17, 15) is 4.79 Å². The minimum absolute atomic E-state index is 0.0313. The predicted molar refractivity (Wildman–Crippen MR) is 81.6 cm³/mol. The normalized spacial score (nSPS) is 15.9. The number of piperazine rings is 1. The Morgan fingerprint density at radius 3 is 2.50 bits per heavy atom. The molecule has 108 valence electrons. The third-order valence-corrected chi connectivity index (χ3v) is 3.61. The second kappa shape index (κ2) is 7.10. The summed E-state index contributed by atoms with van der Waals surface area (Å²) < 4.78 is 0. The first-order valence-electron chi connectivity index (χ1n) is 7.10. The molecule has 2 amide bonds. The molecule has 0 bridgehead atoms. The molecule has 20 heavy (non-hydrogen) atoms. The summed E-state index contributed by atoms with van der Waals surface area (Å²) in [5.41, 5.74) is 2.37. The van der Waals surface area contributed by atoms with E-state index in [1.165, 1.54) is 5.56 Å². The van der Waals surface area contributed by atoms with E-state index in [0.29, 0.717) is 6.54 Å². The largest absolute Gasteiger partial charge is 0.334 e. The molecule has 1 heterocycles. The van der Waals surface area contributed by atoms with E-state index >= 15 is 0 Å². The van der Waals surface area contributed by atoms with Gasteiger partial charge in [-0.15, -0.1) is 6.58 Å². The molecule has 1 aromatic rings. The summed E-state index contributed by atoms with van der Waals surface area (Å²) in [6, 6.07) is 8.27. The zero-order valence-corrected chi connectivity index (χ0v) is 12.1. The Morgan fingerprint density at radius 1 is 1.25 bits per heavy atom. The van der Waals surface area contributed by atoms with Crippen molar-refractivity contribution in [1.82, 2.24) is 15.1 Å². The Kier molecular flexibility index (Phi) is 5.18. The number of carbonyl (C=O) groups is 1. The molecule has 1 aliphatic rings. The SMILES string of the molecule is C=CCN1CCN(C(=O)NCc2ccc(C)cc2)CC1. The smallest absolute Gasteiger partial charge is 0.317 e. The first-order valence-corrected chi connectivity index (χ1v) is 7.10. The van der Waals surface area contributed by atoms with Crippen LogP contribution in [0.25, 0.3) is 0 Å². The highest BCUT2D eigenvalue weighted by Crippen LogP contribution is 2.05. The number of carbonyl (C=O) groups excluding carboxylic acids is 1. The lowest BCUT2D eigenvalue weighted by Gasteiger charge is -2.34. The molecule has 1 saturated heterocycles. The van der Waals surface area contributed by atoms with Gasteiger partial charge in [-0.25, -0.2) is 4.79 Å². The number of aryl methyl sites for hydroxylation is 1. The van der Waals surface area contributed by atoms with E-state index in [0.717, 1.165) is 38.3 Å². The van der Waals surface area contributed by atoms with Gasteiger partial charge in [0.25, 0.3) is 0 Å². The molecule has 0 unspecified atom stereocenters. The van der Waals surface area contributed by atoms with E-state index in [1.807, 2.05) is 11.0 Å². The number of hydrogen-bond acceptors (Lipinski definition) is 2. The average molecular weight is 273 g/mol. The zero-order valence-electron chi connectivity index (χ0n) is 12.1. The summed E-state index contributed by atoms with van der Waals surface area (Å²) in [6.45, 7) is 10.7. The minimum Gasteiger partial charge on any atom is -0.334 e. The van der Waals surface area contributed by atoms with Crippen molar-refractivity contribution < 1.29 is 4.79 Å². The fourth-order valence-corrected chi connectivity index (χ4v) is 2.31. The van der Waals surface area contributed by atoms with Crippen molar-refractivity contribution in [3.05, 3.63) is 48.0 Å². The second-order valence-corrected chi connectivity index (χ2v) is 5.22. The number of amides is 2. The lowest BCUT2D eigenvalue weighted by atomic mass is 10.1. The van der Waals surface area contributed by atoms with Crippen LogP contribution in [0.2, 0.25) is 0 Å². The van der Waals surface area contributed by atoms with Crippen LogP contribution in [-0.4, -0.2) is 48.6 Å². The first kappa shape index (κ1) is 14.6. The molecule has 1 aromatic carbocycles. The molecule has 0 radical (unpaired) electrons. The summed E-state index contributed by atoms with van der Waals surface area (Å²) in [5, 5.41) is 2.98. The molecule has 0 aromatic heterocycles. The van der Waals surface area contributed by atoms with E-state index in [4.69, 9.17) is 0 Å². The quantitative estimate of drug-likeness (QED) is 0.852. The van der Waals surface area contributed by atoms with Crippen LogP contribution in [0.5, 0.6) is 0 Å². The van der Waals surface area contributed by atoms with Crippen molar-refractivity contribution in [2.24, 2.45) is 0 Å². The van der Waals surface area contributed by atoms with Gasteiger partial charge in [0.05, 0.1) is 0 Å². The van der Waals surface area contributed by atoms with Gasteiger partial charge in [0, 0.05) is 39.3 Å². The number of nitrogens with zero attached hydrogens (tertiary/aromatic N) is 2. The van der Waals surface area contributed by atoms with Crippen LogP contribution in [0.15, 0.2) is 36.9 Å². The van der Waals surface area contributed by atoms with Gasteiger partial charge in [-0.2, -0.15) is 0 Å².